The molecule has 1 heterocycles. The van der Waals surface area contributed by atoms with Gasteiger partial charge in [0.05, 0.1) is 12.6 Å². The van der Waals surface area contributed by atoms with E-state index >= 15 is 0 Å². The Kier molecular flexibility index (Phi) is 1.62. The molecule has 0 unspecified atom stereocenters. The standard InChI is InChI=1S/C11H9N3O/c1-15-10-4-2-3-8-7(10)5-6-9-11(8)13-14-12-9/h2-6H,1H3,(H,12,13,14). The fourth-order valence-electron chi connectivity index (χ4n) is 1.82. The van der Waals surface area contributed by atoms with Gasteiger partial charge in [-0.25, -0.2) is 0 Å². The maximum atomic E-state index is 5.29. The molecule has 1 aromatic heterocycles. The molecule has 0 atom stereocenters. The lowest BCUT2D eigenvalue weighted by atomic mass is 10.1. The van der Waals surface area contributed by atoms with E-state index in [1.54, 1.807) is 7.11 Å². The molecule has 4 nitrogen and oxygen atoms in total. The molecule has 0 aliphatic heterocycles. The summed E-state index contributed by atoms with van der Waals surface area (Å²) >= 11 is 0. The normalized spacial score (nSPS) is 11.0. The first kappa shape index (κ1) is 8.23. The van der Waals surface area contributed by atoms with Gasteiger partial charge in [0.1, 0.15) is 11.3 Å². The third-order valence-electron chi connectivity index (χ3n) is 2.53. The van der Waals surface area contributed by atoms with Gasteiger partial charge in [-0.15, -0.1) is 5.10 Å². The van der Waals surface area contributed by atoms with Gasteiger partial charge in [-0.2, -0.15) is 0 Å². The molecule has 74 valence electrons. The van der Waals surface area contributed by atoms with Gasteiger partial charge in [0, 0.05) is 10.8 Å². The van der Waals surface area contributed by atoms with Crippen LogP contribution in [0.25, 0.3) is 21.8 Å². The summed E-state index contributed by atoms with van der Waals surface area (Å²) in [5.41, 5.74) is 1.82. The number of hydrogen-bond donors (Lipinski definition) is 1. The zero-order valence-corrected chi connectivity index (χ0v) is 8.19. The number of H-pyrrole nitrogens is 1. The van der Waals surface area contributed by atoms with Crippen LogP contribution in [0, 0.1) is 0 Å². The zero-order valence-electron chi connectivity index (χ0n) is 8.19. The second-order valence-corrected chi connectivity index (χ2v) is 3.33. The van der Waals surface area contributed by atoms with Gasteiger partial charge in [-0.3, -0.25) is 5.10 Å². The van der Waals surface area contributed by atoms with Crippen LogP contribution in [0.4, 0.5) is 0 Å². The van der Waals surface area contributed by atoms with Crippen molar-refractivity contribution in [2.45, 2.75) is 0 Å². The number of nitrogens with one attached hydrogen (secondary N) is 1. The van der Waals surface area contributed by atoms with Gasteiger partial charge in [-0.05, 0) is 18.2 Å². The number of aromatic amines is 1. The van der Waals surface area contributed by atoms with Gasteiger partial charge in [0.15, 0.2) is 0 Å². The average molecular weight is 199 g/mol. The maximum absolute atomic E-state index is 5.29. The molecule has 4 heteroatoms. The van der Waals surface area contributed by atoms with Crippen LogP contribution in [-0.2, 0) is 0 Å². The highest BCUT2D eigenvalue weighted by molar-refractivity contribution is 6.05. The molecule has 0 amide bonds. The Morgan fingerprint density at radius 3 is 2.93 bits per heavy atom. The van der Waals surface area contributed by atoms with Crippen molar-refractivity contribution in [1.29, 1.82) is 0 Å². The number of methoxy groups -OCH3 is 1. The quantitative estimate of drug-likeness (QED) is 0.653. The smallest absolute Gasteiger partial charge is 0.126 e. The van der Waals surface area contributed by atoms with Crippen LogP contribution in [0.1, 0.15) is 0 Å². The molecule has 0 aliphatic rings. The summed E-state index contributed by atoms with van der Waals surface area (Å²) in [7, 11) is 1.67. The first-order chi connectivity index (χ1) is 7.40. The lowest BCUT2D eigenvalue weighted by molar-refractivity contribution is 0.420. The third-order valence-corrected chi connectivity index (χ3v) is 2.53. The average Bonchev–Trinajstić information content (AvgIpc) is 2.76. The Morgan fingerprint density at radius 1 is 1.13 bits per heavy atom. The molecule has 0 aliphatic carbocycles. The van der Waals surface area contributed by atoms with E-state index in [9.17, 15) is 0 Å². The van der Waals surface area contributed by atoms with Crippen molar-refractivity contribution in [2.75, 3.05) is 7.11 Å². The summed E-state index contributed by atoms with van der Waals surface area (Å²) in [6, 6.07) is 9.88. The van der Waals surface area contributed by atoms with Gasteiger partial charge in [-0.1, -0.05) is 17.3 Å². The Hall–Kier alpha value is -2.10. The molecular weight excluding hydrogens is 190 g/mol. The monoisotopic (exact) mass is 199 g/mol. The highest BCUT2D eigenvalue weighted by atomic mass is 16.5. The Morgan fingerprint density at radius 2 is 2.07 bits per heavy atom. The van der Waals surface area contributed by atoms with E-state index in [4.69, 9.17) is 4.74 Å². The predicted octanol–water partition coefficient (Wildman–Crippen LogP) is 2.12. The summed E-state index contributed by atoms with van der Waals surface area (Å²) < 4.78 is 5.29. The molecule has 3 rings (SSSR count). The van der Waals surface area contributed by atoms with Gasteiger partial charge < -0.3 is 4.74 Å². The minimum atomic E-state index is 0.859. The van der Waals surface area contributed by atoms with Crippen LogP contribution in [-0.4, -0.2) is 22.5 Å². The van der Waals surface area contributed by atoms with E-state index in [-0.39, 0.29) is 0 Å². The number of ether oxygens (including phenoxy) is 1. The Labute approximate surface area is 85.9 Å². The van der Waals surface area contributed by atoms with E-state index < -0.39 is 0 Å². The van der Waals surface area contributed by atoms with Crippen molar-refractivity contribution >= 4 is 21.8 Å². The number of benzene rings is 2. The largest absolute Gasteiger partial charge is 0.496 e. The van der Waals surface area contributed by atoms with E-state index in [0.717, 1.165) is 27.6 Å². The highest BCUT2D eigenvalue weighted by Gasteiger charge is 2.06. The van der Waals surface area contributed by atoms with Crippen molar-refractivity contribution in [3.63, 3.8) is 0 Å². The van der Waals surface area contributed by atoms with Gasteiger partial charge in [0.2, 0.25) is 0 Å². The van der Waals surface area contributed by atoms with Crippen LogP contribution in [0.2, 0.25) is 0 Å². The molecule has 1 N–H and O–H groups in total. The van der Waals surface area contributed by atoms with Crippen molar-refractivity contribution in [3.05, 3.63) is 30.3 Å². The van der Waals surface area contributed by atoms with E-state index in [1.807, 2.05) is 30.3 Å². The summed E-state index contributed by atoms with van der Waals surface area (Å²) in [5.74, 6) is 0.859. The van der Waals surface area contributed by atoms with Crippen LogP contribution >= 0.6 is 0 Å². The molecule has 15 heavy (non-hydrogen) atoms. The van der Waals surface area contributed by atoms with Crippen LogP contribution in [0.15, 0.2) is 30.3 Å². The fraction of sp³-hybridized carbons (Fsp3) is 0.0909. The summed E-state index contributed by atoms with van der Waals surface area (Å²) in [4.78, 5) is 0. The van der Waals surface area contributed by atoms with Crippen LogP contribution in [0.3, 0.4) is 0 Å². The highest BCUT2D eigenvalue weighted by Crippen LogP contribution is 2.29. The van der Waals surface area contributed by atoms with Crippen molar-refractivity contribution in [2.24, 2.45) is 0 Å². The predicted molar refractivity (Wildman–Crippen MR) is 57.9 cm³/mol. The van der Waals surface area contributed by atoms with E-state index in [2.05, 4.69) is 15.4 Å². The third kappa shape index (κ3) is 1.08. The summed E-state index contributed by atoms with van der Waals surface area (Å²) in [6.07, 6.45) is 0. The number of nitrogens with zero attached hydrogens (tertiary/aromatic N) is 2. The minimum absolute atomic E-state index is 0.859. The molecular formula is C11H9N3O. The van der Waals surface area contributed by atoms with Crippen molar-refractivity contribution in [1.82, 2.24) is 15.4 Å². The number of rotatable bonds is 1. The molecule has 0 saturated heterocycles. The van der Waals surface area contributed by atoms with Crippen LogP contribution < -0.4 is 4.74 Å². The molecule has 0 radical (unpaired) electrons. The molecule has 0 bridgehead atoms. The zero-order chi connectivity index (χ0) is 10.3. The number of hydrogen-bond acceptors (Lipinski definition) is 3. The Balaban J connectivity index is 2.53. The SMILES string of the molecule is COc1cccc2c1ccc1[nH]nnc12. The van der Waals surface area contributed by atoms with Gasteiger partial charge >= 0.3 is 0 Å². The van der Waals surface area contributed by atoms with E-state index in [1.165, 1.54) is 0 Å². The minimum Gasteiger partial charge on any atom is -0.496 e. The molecule has 2 aromatic carbocycles. The fourth-order valence-corrected chi connectivity index (χ4v) is 1.82. The van der Waals surface area contributed by atoms with Gasteiger partial charge in [0.25, 0.3) is 0 Å². The topological polar surface area (TPSA) is 50.8 Å². The molecule has 0 fully saturated rings. The van der Waals surface area contributed by atoms with E-state index in [0.29, 0.717) is 0 Å². The van der Waals surface area contributed by atoms with Crippen LogP contribution in [0.5, 0.6) is 5.75 Å². The second kappa shape index (κ2) is 2.95. The van der Waals surface area contributed by atoms with Crippen molar-refractivity contribution in [3.8, 4) is 5.75 Å². The molecule has 3 aromatic rings. The lowest BCUT2D eigenvalue weighted by Crippen LogP contribution is -1.85. The number of aromatic nitrogens is 3. The first-order valence-electron chi connectivity index (χ1n) is 4.66. The summed E-state index contributed by atoms with van der Waals surface area (Å²) in [5, 5.41) is 12.8. The number of fused-ring (bicyclic) bond motifs is 3. The second-order valence-electron chi connectivity index (χ2n) is 3.33. The Bertz CT molecular complexity index is 630. The van der Waals surface area contributed by atoms with Crippen molar-refractivity contribution < 1.29 is 4.74 Å². The molecule has 0 saturated carbocycles. The lowest BCUT2D eigenvalue weighted by Gasteiger charge is -2.04. The molecule has 0 spiro atoms. The maximum Gasteiger partial charge on any atom is 0.126 e. The summed E-state index contributed by atoms with van der Waals surface area (Å²) in [6.45, 7) is 0. The first-order valence-corrected chi connectivity index (χ1v) is 4.66.